The lowest BCUT2D eigenvalue weighted by molar-refractivity contribution is 0.0697. The molecule has 3 heteroatoms. The number of hydrogen-bond donors (Lipinski definition) is 2. The number of phenols is 1. The van der Waals surface area contributed by atoms with E-state index in [1.165, 1.54) is 19.3 Å². The molecule has 3 nitrogen and oxygen atoms in total. The van der Waals surface area contributed by atoms with Gasteiger partial charge in [-0.2, -0.15) is 0 Å². The second-order valence-corrected chi connectivity index (χ2v) is 5.99. The summed E-state index contributed by atoms with van der Waals surface area (Å²) in [6, 6.07) is 12.6. The van der Waals surface area contributed by atoms with Crippen molar-refractivity contribution in [3.63, 3.8) is 0 Å². The van der Waals surface area contributed by atoms with E-state index in [0.717, 1.165) is 29.5 Å². The molecule has 0 spiro atoms. The van der Waals surface area contributed by atoms with Crippen molar-refractivity contribution in [2.75, 3.05) is 0 Å². The fourth-order valence-electron chi connectivity index (χ4n) is 3.28. The van der Waals surface area contributed by atoms with Crippen LogP contribution in [0.5, 0.6) is 5.75 Å². The van der Waals surface area contributed by atoms with Gasteiger partial charge in [-0.1, -0.05) is 37.5 Å². The third-order valence-corrected chi connectivity index (χ3v) is 4.54. The summed E-state index contributed by atoms with van der Waals surface area (Å²) in [5.41, 5.74) is 3.31. The lowest BCUT2D eigenvalue weighted by atomic mass is 9.82. The van der Waals surface area contributed by atoms with E-state index in [9.17, 15) is 9.90 Å². The summed E-state index contributed by atoms with van der Waals surface area (Å²) in [4.78, 5) is 10.9. The standard InChI is InChI=1S/C19H20O3/c20-18-11-10-16(12-17(18)14-4-2-1-3-5-14)13-6-8-15(9-7-13)19(21)22/h6-12,14,20H,1-5H2,(H,21,22). The molecule has 1 saturated carbocycles. The first-order valence-corrected chi connectivity index (χ1v) is 7.82. The zero-order valence-corrected chi connectivity index (χ0v) is 12.5. The highest BCUT2D eigenvalue weighted by Crippen LogP contribution is 2.39. The molecule has 114 valence electrons. The number of benzene rings is 2. The van der Waals surface area contributed by atoms with Gasteiger partial charge in [0.15, 0.2) is 0 Å². The Labute approximate surface area is 130 Å². The Morgan fingerprint density at radius 2 is 1.55 bits per heavy atom. The quantitative estimate of drug-likeness (QED) is 0.855. The van der Waals surface area contributed by atoms with E-state index in [2.05, 4.69) is 6.07 Å². The van der Waals surface area contributed by atoms with Crippen molar-refractivity contribution in [1.82, 2.24) is 0 Å². The van der Waals surface area contributed by atoms with Gasteiger partial charge in [-0.3, -0.25) is 0 Å². The Morgan fingerprint density at radius 1 is 0.909 bits per heavy atom. The Hall–Kier alpha value is -2.29. The molecule has 3 rings (SSSR count). The fraction of sp³-hybridized carbons (Fsp3) is 0.316. The number of carbonyl (C=O) groups is 1. The van der Waals surface area contributed by atoms with Crippen molar-refractivity contribution in [2.24, 2.45) is 0 Å². The van der Waals surface area contributed by atoms with E-state index in [1.54, 1.807) is 18.2 Å². The van der Waals surface area contributed by atoms with E-state index in [4.69, 9.17) is 5.11 Å². The van der Waals surface area contributed by atoms with Crippen LogP contribution in [-0.4, -0.2) is 16.2 Å². The largest absolute Gasteiger partial charge is 0.508 e. The zero-order valence-electron chi connectivity index (χ0n) is 12.5. The molecule has 0 unspecified atom stereocenters. The highest BCUT2D eigenvalue weighted by Gasteiger charge is 2.19. The number of carboxylic acid groups (broad SMARTS) is 1. The minimum absolute atomic E-state index is 0.287. The Kier molecular flexibility index (Phi) is 4.14. The SMILES string of the molecule is O=C(O)c1ccc(-c2ccc(O)c(C3CCCCC3)c2)cc1. The van der Waals surface area contributed by atoms with Gasteiger partial charge < -0.3 is 10.2 Å². The fourth-order valence-corrected chi connectivity index (χ4v) is 3.28. The molecule has 1 fully saturated rings. The summed E-state index contributed by atoms with van der Waals surface area (Å²) < 4.78 is 0. The lowest BCUT2D eigenvalue weighted by Gasteiger charge is -2.23. The van der Waals surface area contributed by atoms with Crippen LogP contribution in [-0.2, 0) is 0 Å². The number of carboxylic acids is 1. The first-order valence-electron chi connectivity index (χ1n) is 7.82. The van der Waals surface area contributed by atoms with Gasteiger partial charge in [0.25, 0.3) is 0 Å². The maximum atomic E-state index is 10.9. The van der Waals surface area contributed by atoms with Crippen molar-refractivity contribution in [3.05, 3.63) is 53.6 Å². The summed E-state index contributed by atoms with van der Waals surface area (Å²) in [6.07, 6.45) is 6.00. The normalized spacial score (nSPS) is 15.6. The van der Waals surface area contributed by atoms with Crippen molar-refractivity contribution in [1.29, 1.82) is 0 Å². The summed E-state index contributed by atoms with van der Waals surface area (Å²) in [7, 11) is 0. The summed E-state index contributed by atoms with van der Waals surface area (Å²) in [5, 5.41) is 19.1. The first kappa shape index (κ1) is 14.6. The maximum Gasteiger partial charge on any atom is 0.335 e. The molecular formula is C19H20O3. The smallest absolute Gasteiger partial charge is 0.335 e. The van der Waals surface area contributed by atoms with Gasteiger partial charge in [-0.05, 0) is 59.7 Å². The number of hydrogen-bond acceptors (Lipinski definition) is 2. The lowest BCUT2D eigenvalue weighted by Crippen LogP contribution is -2.04. The molecule has 2 aromatic carbocycles. The van der Waals surface area contributed by atoms with Crippen LogP contribution in [0.2, 0.25) is 0 Å². The molecule has 2 N–H and O–H groups in total. The zero-order chi connectivity index (χ0) is 15.5. The van der Waals surface area contributed by atoms with Gasteiger partial charge in [0, 0.05) is 0 Å². The molecule has 22 heavy (non-hydrogen) atoms. The topological polar surface area (TPSA) is 57.5 Å². The number of phenolic OH excluding ortho intramolecular Hbond substituents is 1. The molecule has 2 aromatic rings. The molecule has 0 aliphatic heterocycles. The average molecular weight is 296 g/mol. The molecule has 1 aliphatic rings. The van der Waals surface area contributed by atoms with Crippen LogP contribution in [0.15, 0.2) is 42.5 Å². The van der Waals surface area contributed by atoms with Crippen LogP contribution in [0.4, 0.5) is 0 Å². The van der Waals surface area contributed by atoms with Crippen LogP contribution < -0.4 is 0 Å². The molecule has 0 bridgehead atoms. The van der Waals surface area contributed by atoms with Gasteiger partial charge in [0.1, 0.15) is 5.75 Å². The van der Waals surface area contributed by atoms with Gasteiger partial charge in [0.05, 0.1) is 5.56 Å². The maximum absolute atomic E-state index is 10.9. The van der Waals surface area contributed by atoms with Crippen molar-refractivity contribution in [2.45, 2.75) is 38.0 Å². The minimum Gasteiger partial charge on any atom is -0.508 e. The van der Waals surface area contributed by atoms with E-state index in [-0.39, 0.29) is 5.56 Å². The van der Waals surface area contributed by atoms with Gasteiger partial charge >= 0.3 is 5.97 Å². The first-order chi connectivity index (χ1) is 10.6. The molecule has 0 saturated heterocycles. The van der Waals surface area contributed by atoms with Crippen LogP contribution in [0, 0.1) is 0 Å². The highest BCUT2D eigenvalue weighted by atomic mass is 16.4. The molecule has 0 atom stereocenters. The van der Waals surface area contributed by atoms with Gasteiger partial charge in [0.2, 0.25) is 0 Å². The molecular weight excluding hydrogens is 276 g/mol. The van der Waals surface area contributed by atoms with Crippen LogP contribution in [0.1, 0.15) is 53.9 Å². The molecule has 0 amide bonds. The molecule has 0 radical (unpaired) electrons. The summed E-state index contributed by atoms with van der Waals surface area (Å²) in [6.45, 7) is 0. The minimum atomic E-state index is -0.917. The Balaban J connectivity index is 1.92. The number of aromatic carboxylic acids is 1. The molecule has 0 heterocycles. The highest BCUT2D eigenvalue weighted by molar-refractivity contribution is 5.88. The number of rotatable bonds is 3. The Morgan fingerprint density at radius 3 is 2.18 bits per heavy atom. The third-order valence-electron chi connectivity index (χ3n) is 4.54. The second kappa shape index (κ2) is 6.22. The Bertz CT molecular complexity index is 668. The number of aromatic hydroxyl groups is 1. The second-order valence-electron chi connectivity index (χ2n) is 5.99. The van der Waals surface area contributed by atoms with Crippen LogP contribution >= 0.6 is 0 Å². The van der Waals surface area contributed by atoms with E-state index < -0.39 is 5.97 Å². The van der Waals surface area contributed by atoms with Crippen LogP contribution in [0.25, 0.3) is 11.1 Å². The average Bonchev–Trinajstić information content (AvgIpc) is 2.56. The molecule has 1 aliphatic carbocycles. The van der Waals surface area contributed by atoms with Gasteiger partial charge in [-0.25, -0.2) is 4.79 Å². The van der Waals surface area contributed by atoms with Gasteiger partial charge in [-0.15, -0.1) is 0 Å². The van der Waals surface area contributed by atoms with E-state index >= 15 is 0 Å². The van der Waals surface area contributed by atoms with E-state index in [1.807, 2.05) is 18.2 Å². The van der Waals surface area contributed by atoms with Crippen molar-refractivity contribution in [3.8, 4) is 16.9 Å². The predicted molar refractivity (Wildman–Crippen MR) is 86.3 cm³/mol. The third kappa shape index (κ3) is 2.98. The van der Waals surface area contributed by atoms with Crippen molar-refractivity contribution >= 4 is 5.97 Å². The summed E-state index contributed by atoms with van der Waals surface area (Å²) in [5.74, 6) is -0.107. The summed E-state index contributed by atoms with van der Waals surface area (Å²) >= 11 is 0. The van der Waals surface area contributed by atoms with E-state index in [0.29, 0.717) is 11.7 Å². The predicted octanol–water partition coefficient (Wildman–Crippen LogP) is 4.81. The monoisotopic (exact) mass is 296 g/mol. The van der Waals surface area contributed by atoms with Crippen molar-refractivity contribution < 1.29 is 15.0 Å². The molecule has 0 aromatic heterocycles. The van der Waals surface area contributed by atoms with Crippen LogP contribution in [0.3, 0.4) is 0 Å².